The van der Waals surface area contributed by atoms with E-state index in [-0.39, 0.29) is 5.78 Å². The minimum Gasteiger partial charge on any atom is -0.399 e. The first-order valence-electron chi connectivity index (χ1n) is 6.37. The van der Waals surface area contributed by atoms with Crippen molar-refractivity contribution in [3.05, 3.63) is 29.8 Å². The molecule has 0 atom stereocenters. The molecule has 1 aromatic rings. The molecule has 1 saturated heterocycles. The van der Waals surface area contributed by atoms with Crippen LogP contribution in [0.25, 0.3) is 0 Å². The first kappa shape index (κ1) is 12.1. The first-order chi connectivity index (χ1) is 8.25. The summed E-state index contributed by atoms with van der Waals surface area (Å²) in [6, 6.07) is 7.20. The molecule has 92 valence electrons. The number of carbonyl (C=O) groups excluding carboxylic acids is 1. The van der Waals surface area contributed by atoms with Crippen LogP contribution in [0.15, 0.2) is 24.3 Å². The molecule has 0 bridgehead atoms. The van der Waals surface area contributed by atoms with E-state index < -0.39 is 0 Å². The molecule has 1 heterocycles. The van der Waals surface area contributed by atoms with Gasteiger partial charge in [0.2, 0.25) is 0 Å². The number of hydrogen-bond acceptors (Lipinski definition) is 3. The molecule has 0 amide bonds. The SMILES string of the molecule is Nc1ccc(C(=O)CCCN2CCCC2)cc1. The zero-order chi connectivity index (χ0) is 12.1. The number of anilines is 1. The Balaban J connectivity index is 1.75. The Morgan fingerprint density at radius 1 is 1.18 bits per heavy atom. The van der Waals surface area contributed by atoms with Gasteiger partial charge in [-0.1, -0.05) is 0 Å². The summed E-state index contributed by atoms with van der Waals surface area (Å²) in [7, 11) is 0. The van der Waals surface area contributed by atoms with Gasteiger partial charge in [0.25, 0.3) is 0 Å². The second kappa shape index (κ2) is 5.82. The first-order valence-corrected chi connectivity index (χ1v) is 6.37. The fourth-order valence-electron chi connectivity index (χ4n) is 2.28. The predicted molar refractivity (Wildman–Crippen MR) is 70.1 cm³/mol. The van der Waals surface area contributed by atoms with Crippen molar-refractivity contribution in [1.29, 1.82) is 0 Å². The Morgan fingerprint density at radius 2 is 1.82 bits per heavy atom. The van der Waals surface area contributed by atoms with Crippen LogP contribution in [0.5, 0.6) is 0 Å². The average molecular weight is 232 g/mol. The molecule has 2 rings (SSSR count). The van der Waals surface area contributed by atoms with Gasteiger partial charge in [0.05, 0.1) is 0 Å². The summed E-state index contributed by atoms with van der Waals surface area (Å²) in [6.45, 7) is 3.47. The molecule has 0 unspecified atom stereocenters. The standard InChI is InChI=1S/C14H20N2O/c15-13-7-5-12(6-8-13)14(17)4-3-11-16-9-1-2-10-16/h5-8H,1-4,9-11,15H2. The van der Waals surface area contributed by atoms with Crippen LogP contribution in [0, 0.1) is 0 Å². The highest BCUT2D eigenvalue weighted by molar-refractivity contribution is 5.96. The van der Waals surface area contributed by atoms with Crippen molar-refractivity contribution in [2.45, 2.75) is 25.7 Å². The largest absolute Gasteiger partial charge is 0.399 e. The van der Waals surface area contributed by atoms with Gasteiger partial charge in [-0.15, -0.1) is 0 Å². The number of ketones is 1. The monoisotopic (exact) mass is 232 g/mol. The summed E-state index contributed by atoms with van der Waals surface area (Å²) in [5.74, 6) is 0.226. The van der Waals surface area contributed by atoms with Gasteiger partial charge in [0.15, 0.2) is 5.78 Å². The minimum absolute atomic E-state index is 0.226. The Bertz CT molecular complexity index is 366. The quantitative estimate of drug-likeness (QED) is 0.626. The van der Waals surface area contributed by atoms with Gasteiger partial charge in [-0.05, 0) is 63.2 Å². The molecular formula is C14H20N2O. The van der Waals surface area contributed by atoms with Crippen LogP contribution in [-0.4, -0.2) is 30.3 Å². The lowest BCUT2D eigenvalue weighted by atomic mass is 10.1. The van der Waals surface area contributed by atoms with Crippen molar-refractivity contribution in [1.82, 2.24) is 4.90 Å². The zero-order valence-electron chi connectivity index (χ0n) is 10.2. The second-order valence-electron chi connectivity index (χ2n) is 4.70. The highest BCUT2D eigenvalue weighted by atomic mass is 16.1. The molecular weight excluding hydrogens is 212 g/mol. The van der Waals surface area contributed by atoms with E-state index in [1.165, 1.54) is 25.9 Å². The Morgan fingerprint density at radius 3 is 2.47 bits per heavy atom. The topological polar surface area (TPSA) is 46.3 Å². The Hall–Kier alpha value is -1.35. The number of rotatable bonds is 5. The number of benzene rings is 1. The molecule has 3 heteroatoms. The van der Waals surface area contributed by atoms with Crippen molar-refractivity contribution in [3.8, 4) is 0 Å². The molecule has 0 saturated carbocycles. The van der Waals surface area contributed by atoms with Gasteiger partial charge >= 0.3 is 0 Å². The normalized spacial score (nSPS) is 16.2. The van der Waals surface area contributed by atoms with Crippen LogP contribution >= 0.6 is 0 Å². The molecule has 2 N–H and O–H groups in total. The maximum atomic E-state index is 11.9. The predicted octanol–water partition coefficient (Wildman–Crippen LogP) is 2.33. The average Bonchev–Trinajstić information content (AvgIpc) is 2.83. The van der Waals surface area contributed by atoms with E-state index in [4.69, 9.17) is 5.73 Å². The molecule has 1 aliphatic rings. The van der Waals surface area contributed by atoms with Gasteiger partial charge in [-0.2, -0.15) is 0 Å². The zero-order valence-corrected chi connectivity index (χ0v) is 10.2. The summed E-state index contributed by atoms with van der Waals surface area (Å²) in [6.07, 6.45) is 4.22. The van der Waals surface area contributed by atoms with E-state index in [2.05, 4.69) is 4.90 Å². The van der Waals surface area contributed by atoms with E-state index in [0.717, 1.165) is 18.5 Å². The third-order valence-corrected chi connectivity index (χ3v) is 3.31. The van der Waals surface area contributed by atoms with Gasteiger partial charge in [0, 0.05) is 17.7 Å². The van der Waals surface area contributed by atoms with Crippen molar-refractivity contribution in [2.24, 2.45) is 0 Å². The van der Waals surface area contributed by atoms with Crippen LogP contribution in [-0.2, 0) is 0 Å². The van der Waals surface area contributed by atoms with Crippen LogP contribution < -0.4 is 5.73 Å². The lowest BCUT2D eigenvalue weighted by molar-refractivity contribution is 0.0976. The number of nitrogens with zero attached hydrogens (tertiary/aromatic N) is 1. The van der Waals surface area contributed by atoms with Gasteiger partial charge in [-0.3, -0.25) is 4.79 Å². The third-order valence-electron chi connectivity index (χ3n) is 3.31. The fraction of sp³-hybridized carbons (Fsp3) is 0.500. The van der Waals surface area contributed by atoms with Crippen LogP contribution in [0.3, 0.4) is 0 Å². The van der Waals surface area contributed by atoms with E-state index in [1.807, 2.05) is 12.1 Å². The number of carbonyl (C=O) groups is 1. The lowest BCUT2D eigenvalue weighted by Gasteiger charge is -2.13. The maximum absolute atomic E-state index is 11.9. The molecule has 1 fully saturated rings. The van der Waals surface area contributed by atoms with Crippen molar-refractivity contribution in [3.63, 3.8) is 0 Å². The summed E-state index contributed by atoms with van der Waals surface area (Å²) in [5, 5.41) is 0. The molecule has 1 aliphatic heterocycles. The highest BCUT2D eigenvalue weighted by Gasteiger charge is 2.12. The number of hydrogen-bond donors (Lipinski definition) is 1. The smallest absolute Gasteiger partial charge is 0.162 e. The Labute approximate surface area is 103 Å². The van der Waals surface area contributed by atoms with Crippen molar-refractivity contribution >= 4 is 11.5 Å². The van der Waals surface area contributed by atoms with E-state index in [1.54, 1.807) is 12.1 Å². The molecule has 0 radical (unpaired) electrons. The van der Waals surface area contributed by atoms with Gasteiger partial charge in [-0.25, -0.2) is 0 Å². The third kappa shape index (κ3) is 3.56. The molecule has 0 aliphatic carbocycles. The van der Waals surface area contributed by atoms with E-state index in [9.17, 15) is 4.79 Å². The van der Waals surface area contributed by atoms with Crippen LogP contribution in [0.1, 0.15) is 36.0 Å². The molecule has 17 heavy (non-hydrogen) atoms. The molecule has 3 nitrogen and oxygen atoms in total. The second-order valence-corrected chi connectivity index (χ2v) is 4.70. The molecule has 0 aromatic heterocycles. The van der Waals surface area contributed by atoms with Gasteiger partial charge in [0.1, 0.15) is 0 Å². The summed E-state index contributed by atoms with van der Waals surface area (Å²) in [5.41, 5.74) is 7.08. The van der Waals surface area contributed by atoms with E-state index in [0.29, 0.717) is 12.1 Å². The van der Waals surface area contributed by atoms with Crippen LogP contribution in [0.4, 0.5) is 5.69 Å². The van der Waals surface area contributed by atoms with Crippen LogP contribution in [0.2, 0.25) is 0 Å². The number of nitrogens with two attached hydrogens (primary N) is 1. The minimum atomic E-state index is 0.226. The van der Waals surface area contributed by atoms with E-state index >= 15 is 0 Å². The van der Waals surface area contributed by atoms with Gasteiger partial charge < -0.3 is 10.6 Å². The Kier molecular flexibility index (Phi) is 4.15. The molecule has 0 spiro atoms. The summed E-state index contributed by atoms with van der Waals surface area (Å²) in [4.78, 5) is 14.3. The maximum Gasteiger partial charge on any atom is 0.162 e. The lowest BCUT2D eigenvalue weighted by Crippen LogP contribution is -2.21. The summed E-state index contributed by atoms with van der Waals surface area (Å²) >= 11 is 0. The van der Waals surface area contributed by atoms with Crippen molar-refractivity contribution in [2.75, 3.05) is 25.4 Å². The summed E-state index contributed by atoms with van der Waals surface area (Å²) < 4.78 is 0. The number of Topliss-reactive ketones (excluding diaryl/α,β-unsaturated/α-hetero) is 1. The molecule has 1 aromatic carbocycles. The highest BCUT2D eigenvalue weighted by Crippen LogP contribution is 2.11. The fourth-order valence-corrected chi connectivity index (χ4v) is 2.28. The number of likely N-dealkylation sites (tertiary alicyclic amines) is 1. The van der Waals surface area contributed by atoms with Crippen molar-refractivity contribution < 1.29 is 4.79 Å². The number of nitrogen functional groups attached to an aromatic ring is 1.